The molecule has 168 valence electrons. The van der Waals surface area contributed by atoms with Crippen molar-refractivity contribution in [1.82, 2.24) is 19.4 Å². The van der Waals surface area contributed by atoms with Crippen molar-refractivity contribution in [2.75, 3.05) is 26.8 Å². The van der Waals surface area contributed by atoms with Crippen LogP contribution in [0.15, 0.2) is 55.0 Å². The van der Waals surface area contributed by atoms with Crippen LogP contribution < -0.4 is 9.47 Å². The third-order valence-electron chi connectivity index (χ3n) is 5.81. The van der Waals surface area contributed by atoms with Crippen molar-refractivity contribution in [1.29, 1.82) is 0 Å². The Kier molecular flexibility index (Phi) is 7.01. The highest BCUT2D eigenvalue weighted by Gasteiger charge is 2.26. The number of nitrogens with zero attached hydrogens (tertiary/aromatic N) is 4. The van der Waals surface area contributed by atoms with Crippen LogP contribution in [0.3, 0.4) is 0 Å². The Balaban J connectivity index is 1.30. The number of benzene rings is 1. The zero-order valence-electron chi connectivity index (χ0n) is 18.2. The number of hydrogen-bond acceptors (Lipinski definition) is 6. The van der Waals surface area contributed by atoms with Gasteiger partial charge in [0.1, 0.15) is 17.3 Å². The molecule has 1 fully saturated rings. The van der Waals surface area contributed by atoms with E-state index in [1.54, 1.807) is 24.4 Å². The number of aliphatic hydroxyl groups excluding tert-OH is 1. The van der Waals surface area contributed by atoms with Gasteiger partial charge in [-0.1, -0.05) is 6.07 Å². The summed E-state index contributed by atoms with van der Waals surface area (Å²) in [5.74, 6) is 2.41. The van der Waals surface area contributed by atoms with Crippen molar-refractivity contribution in [3.8, 4) is 11.5 Å². The SMILES string of the molecule is COc1cc(OCC(=O)N2CCC(c3nccn3Cc3ccccn3)CC2)ccc1CO. The number of amides is 1. The summed E-state index contributed by atoms with van der Waals surface area (Å²) in [6, 6.07) is 11.1. The molecule has 3 heterocycles. The number of likely N-dealkylation sites (tertiary alicyclic amines) is 1. The third-order valence-corrected chi connectivity index (χ3v) is 5.81. The lowest BCUT2D eigenvalue weighted by atomic mass is 9.96. The first-order valence-electron chi connectivity index (χ1n) is 10.8. The Hall–Kier alpha value is -3.39. The normalized spacial score (nSPS) is 14.4. The van der Waals surface area contributed by atoms with Gasteiger partial charge in [0, 0.05) is 49.2 Å². The van der Waals surface area contributed by atoms with Crippen molar-refractivity contribution in [3.63, 3.8) is 0 Å². The lowest BCUT2D eigenvalue weighted by molar-refractivity contribution is -0.134. The van der Waals surface area contributed by atoms with Crippen LogP contribution in [0.25, 0.3) is 0 Å². The Labute approximate surface area is 187 Å². The van der Waals surface area contributed by atoms with E-state index in [1.165, 1.54) is 7.11 Å². The van der Waals surface area contributed by atoms with Gasteiger partial charge in [-0.05, 0) is 37.1 Å². The molecule has 0 unspecified atom stereocenters. The van der Waals surface area contributed by atoms with E-state index in [1.807, 2.05) is 35.5 Å². The van der Waals surface area contributed by atoms with E-state index in [2.05, 4.69) is 14.5 Å². The molecular weight excluding hydrogens is 408 g/mol. The maximum atomic E-state index is 12.7. The summed E-state index contributed by atoms with van der Waals surface area (Å²) in [5, 5.41) is 9.32. The van der Waals surface area contributed by atoms with Crippen LogP contribution >= 0.6 is 0 Å². The molecule has 0 aliphatic carbocycles. The number of aromatic nitrogens is 3. The first kappa shape index (κ1) is 21.8. The molecule has 1 aromatic carbocycles. The van der Waals surface area contributed by atoms with Crippen molar-refractivity contribution in [3.05, 3.63) is 72.1 Å². The van der Waals surface area contributed by atoms with Gasteiger partial charge < -0.3 is 24.0 Å². The maximum absolute atomic E-state index is 12.7. The summed E-state index contributed by atoms with van der Waals surface area (Å²) in [6.07, 6.45) is 7.36. The summed E-state index contributed by atoms with van der Waals surface area (Å²) < 4.78 is 13.1. The zero-order valence-corrected chi connectivity index (χ0v) is 18.2. The van der Waals surface area contributed by atoms with E-state index in [4.69, 9.17) is 9.47 Å². The number of carbonyl (C=O) groups is 1. The lowest BCUT2D eigenvalue weighted by Gasteiger charge is -2.32. The lowest BCUT2D eigenvalue weighted by Crippen LogP contribution is -2.40. The summed E-state index contributed by atoms with van der Waals surface area (Å²) in [7, 11) is 1.54. The summed E-state index contributed by atoms with van der Waals surface area (Å²) in [4.78, 5) is 23.5. The van der Waals surface area contributed by atoms with Gasteiger partial charge in [0.25, 0.3) is 5.91 Å². The fourth-order valence-corrected chi connectivity index (χ4v) is 4.05. The number of hydrogen-bond donors (Lipinski definition) is 1. The average Bonchev–Trinajstić information content (AvgIpc) is 3.31. The second-order valence-electron chi connectivity index (χ2n) is 7.81. The Morgan fingerprint density at radius 2 is 2.00 bits per heavy atom. The molecule has 2 aromatic heterocycles. The van der Waals surface area contributed by atoms with Crippen molar-refractivity contribution in [2.24, 2.45) is 0 Å². The van der Waals surface area contributed by atoms with Gasteiger partial charge in [-0.2, -0.15) is 0 Å². The largest absolute Gasteiger partial charge is 0.496 e. The van der Waals surface area contributed by atoms with Crippen molar-refractivity contribution in [2.45, 2.75) is 31.9 Å². The van der Waals surface area contributed by atoms with Gasteiger partial charge in [0.15, 0.2) is 6.61 Å². The van der Waals surface area contributed by atoms with E-state index in [-0.39, 0.29) is 19.1 Å². The number of imidazole rings is 1. The molecule has 0 atom stereocenters. The zero-order chi connectivity index (χ0) is 22.3. The Morgan fingerprint density at radius 1 is 1.16 bits per heavy atom. The third kappa shape index (κ3) is 5.08. The van der Waals surface area contributed by atoms with E-state index >= 15 is 0 Å². The van der Waals surface area contributed by atoms with E-state index in [0.29, 0.717) is 42.6 Å². The predicted molar refractivity (Wildman–Crippen MR) is 119 cm³/mol. The van der Waals surface area contributed by atoms with Crippen LogP contribution in [0, 0.1) is 0 Å². The van der Waals surface area contributed by atoms with Crippen molar-refractivity contribution < 1.29 is 19.4 Å². The van der Waals surface area contributed by atoms with E-state index < -0.39 is 0 Å². The van der Waals surface area contributed by atoms with Gasteiger partial charge in [-0.15, -0.1) is 0 Å². The second kappa shape index (κ2) is 10.3. The molecule has 1 aliphatic rings. The topological polar surface area (TPSA) is 89.7 Å². The monoisotopic (exact) mass is 436 g/mol. The van der Waals surface area contributed by atoms with Gasteiger partial charge in [-0.25, -0.2) is 4.98 Å². The van der Waals surface area contributed by atoms with Crippen molar-refractivity contribution >= 4 is 5.91 Å². The van der Waals surface area contributed by atoms with E-state index in [0.717, 1.165) is 24.4 Å². The molecule has 1 N–H and O–H groups in total. The molecule has 1 saturated heterocycles. The van der Waals surface area contributed by atoms with E-state index in [9.17, 15) is 9.90 Å². The smallest absolute Gasteiger partial charge is 0.260 e. The van der Waals surface area contributed by atoms with Gasteiger partial charge >= 0.3 is 0 Å². The number of aliphatic hydroxyl groups is 1. The fourth-order valence-electron chi connectivity index (χ4n) is 4.05. The second-order valence-corrected chi connectivity index (χ2v) is 7.81. The van der Waals surface area contributed by atoms with Crippen LogP contribution in [0.1, 0.15) is 35.8 Å². The number of rotatable bonds is 8. The average molecular weight is 437 g/mol. The van der Waals surface area contributed by atoms with Gasteiger partial charge in [0.05, 0.1) is 26.0 Å². The van der Waals surface area contributed by atoms with Crippen LogP contribution in [-0.4, -0.2) is 57.3 Å². The molecule has 0 spiro atoms. The van der Waals surface area contributed by atoms with Crippen LogP contribution in [0.5, 0.6) is 11.5 Å². The summed E-state index contributed by atoms with van der Waals surface area (Å²) in [5.41, 5.74) is 1.68. The predicted octanol–water partition coefficient (Wildman–Crippen LogP) is 2.61. The van der Waals surface area contributed by atoms with Crippen LogP contribution in [-0.2, 0) is 17.9 Å². The highest BCUT2D eigenvalue weighted by Crippen LogP contribution is 2.28. The molecule has 4 rings (SSSR count). The number of pyridine rings is 1. The molecule has 0 saturated carbocycles. The minimum Gasteiger partial charge on any atom is -0.496 e. The Bertz CT molecular complexity index is 1030. The quantitative estimate of drug-likeness (QED) is 0.584. The molecule has 8 heteroatoms. The number of piperidine rings is 1. The highest BCUT2D eigenvalue weighted by molar-refractivity contribution is 5.77. The van der Waals surface area contributed by atoms with Crippen LogP contribution in [0.2, 0.25) is 0 Å². The summed E-state index contributed by atoms with van der Waals surface area (Å²) >= 11 is 0. The van der Waals surface area contributed by atoms with Gasteiger partial charge in [0.2, 0.25) is 0 Å². The molecule has 1 amide bonds. The molecule has 8 nitrogen and oxygen atoms in total. The standard InChI is InChI=1S/C24H28N4O4/c1-31-22-14-21(6-5-19(22)16-29)32-17-23(30)27-11-7-18(8-12-27)24-26-10-13-28(24)15-20-4-2-3-9-25-20/h2-6,9-10,13-14,18,29H,7-8,11-12,15-17H2,1H3. The maximum Gasteiger partial charge on any atom is 0.260 e. The fraction of sp³-hybridized carbons (Fsp3) is 0.375. The first-order valence-corrected chi connectivity index (χ1v) is 10.8. The number of carbonyl (C=O) groups excluding carboxylic acids is 1. The number of ether oxygens (including phenoxy) is 2. The first-order chi connectivity index (χ1) is 15.7. The minimum absolute atomic E-state index is 0.0272. The molecule has 32 heavy (non-hydrogen) atoms. The van der Waals surface area contributed by atoms with Gasteiger partial charge in [-0.3, -0.25) is 9.78 Å². The molecular formula is C24H28N4O4. The Morgan fingerprint density at radius 3 is 2.72 bits per heavy atom. The molecule has 1 aliphatic heterocycles. The molecule has 3 aromatic rings. The molecule has 0 radical (unpaired) electrons. The summed E-state index contributed by atoms with van der Waals surface area (Å²) in [6.45, 7) is 1.91. The minimum atomic E-state index is -0.114. The van der Waals surface area contributed by atoms with Crippen LogP contribution in [0.4, 0.5) is 0 Å². The number of methoxy groups -OCH3 is 1. The highest BCUT2D eigenvalue weighted by atomic mass is 16.5. The molecule has 0 bridgehead atoms.